The van der Waals surface area contributed by atoms with Crippen LogP contribution in [0.4, 0.5) is 4.79 Å². The summed E-state index contributed by atoms with van der Waals surface area (Å²) in [5.41, 5.74) is 3.13. The molecule has 3 heterocycles. The molecule has 158 valence electrons. The number of pyridine rings is 1. The van der Waals surface area contributed by atoms with E-state index < -0.39 is 0 Å². The molecular weight excluding hydrogens is 366 g/mol. The molecule has 7 heteroatoms. The Bertz CT molecular complexity index is 764. The van der Waals surface area contributed by atoms with Gasteiger partial charge >= 0.3 is 6.03 Å². The highest BCUT2D eigenvalue weighted by Crippen LogP contribution is 2.22. The molecule has 1 aliphatic rings. The number of hydrogen-bond donors (Lipinski definition) is 1. The van der Waals surface area contributed by atoms with Gasteiger partial charge in [-0.1, -0.05) is 18.1 Å². The molecular formula is C22H33N5O2. The smallest absolute Gasteiger partial charge is 0.317 e. The number of rotatable bonds is 7. The number of nitrogens with one attached hydrogen (secondary N) is 1. The Hall–Kier alpha value is -2.41. The highest BCUT2D eigenvalue weighted by Gasteiger charge is 2.26. The number of urea groups is 1. The minimum atomic E-state index is -0.00412. The Kier molecular flexibility index (Phi) is 7.25. The topological polar surface area (TPSA) is 74.5 Å². The molecule has 2 aromatic heterocycles. The van der Waals surface area contributed by atoms with Crippen molar-refractivity contribution in [2.75, 3.05) is 33.2 Å². The number of carbonyl (C=O) groups excluding carboxylic acids is 1. The van der Waals surface area contributed by atoms with E-state index in [4.69, 9.17) is 4.52 Å². The van der Waals surface area contributed by atoms with Crippen molar-refractivity contribution < 1.29 is 9.32 Å². The molecule has 1 unspecified atom stereocenters. The third kappa shape index (κ3) is 5.56. The largest absolute Gasteiger partial charge is 0.361 e. The predicted octanol–water partition coefficient (Wildman–Crippen LogP) is 3.14. The van der Waals surface area contributed by atoms with Crippen molar-refractivity contribution in [1.82, 2.24) is 25.3 Å². The molecule has 0 radical (unpaired) electrons. The van der Waals surface area contributed by atoms with Gasteiger partial charge in [-0.15, -0.1) is 0 Å². The fourth-order valence-electron chi connectivity index (χ4n) is 4.18. The van der Waals surface area contributed by atoms with Gasteiger partial charge in [-0.05, 0) is 38.8 Å². The third-order valence-electron chi connectivity index (χ3n) is 5.98. The molecule has 1 atom stereocenters. The standard InChI is InChI=1S/C22H33N5O2/c1-16(21-17(2)25-29-18(21)3)15-24-22(28)26(4)20-9-13-27(14-10-20)12-8-19-7-5-6-11-23-19/h5-7,11,16,20H,8-10,12-15H2,1-4H3,(H,24,28). The maximum Gasteiger partial charge on any atom is 0.317 e. The van der Waals surface area contributed by atoms with Gasteiger partial charge in [0.05, 0.1) is 5.69 Å². The Labute approximate surface area is 173 Å². The molecule has 7 nitrogen and oxygen atoms in total. The van der Waals surface area contributed by atoms with Crippen LogP contribution in [0.2, 0.25) is 0 Å². The SMILES string of the molecule is Cc1noc(C)c1C(C)CNC(=O)N(C)C1CCN(CCc2ccccn2)CC1. The summed E-state index contributed by atoms with van der Waals surface area (Å²) in [4.78, 5) is 21.4. The Morgan fingerprint density at radius 1 is 1.34 bits per heavy atom. The van der Waals surface area contributed by atoms with Gasteiger partial charge in [0.25, 0.3) is 0 Å². The molecule has 0 aromatic carbocycles. The van der Waals surface area contributed by atoms with Gasteiger partial charge in [0.15, 0.2) is 0 Å². The maximum absolute atomic E-state index is 12.6. The van der Waals surface area contributed by atoms with Crippen LogP contribution in [0.3, 0.4) is 0 Å². The summed E-state index contributed by atoms with van der Waals surface area (Å²) in [6.45, 7) is 9.59. The van der Waals surface area contributed by atoms with Gasteiger partial charge < -0.3 is 19.6 Å². The Morgan fingerprint density at radius 3 is 2.72 bits per heavy atom. The number of hydrogen-bond acceptors (Lipinski definition) is 5. The van der Waals surface area contributed by atoms with Crippen molar-refractivity contribution >= 4 is 6.03 Å². The van der Waals surface area contributed by atoms with Crippen LogP contribution in [0.5, 0.6) is 0 Å². The average Bonchev–Trinajstić information content (AvgIpc) is 3.09. The van der Waals surface area contributed by atoms with E-state index in [0.29, 0.717) is 6.54 Å². The van der Waals surface area contributed by atoms with E-state index in [1.807, 2.05) is 44.1 Å². The summed E-state index contributed by atoms with van der Waals surface area (Å²) in [6, 6.07) is 6.35. The number of piperidine rings is 1. The number of aromatic nitrogens is 2. The fraction of sp³-hybridized carbons (Fsp3) is 0.591. The number of carbonyl (C=O) groups is 1. The lowest BCUT2D eigenvalue weighted by Gasteiger charge is -2.36. The Morgan fingerprint density at radius 2 is 2.10 bits per heavy atom. The summed E-state index contributed by atoms with van der Waals surface area (Å²) in [6.07, 6.45) is 4.83. The monoisotopic (exact) mass is 399 g/mol. The lowest BCUT2D eigenvalue weighted by atomic mass is 9.99. The summed E-state index contributed by atoms with van der Waals surface area (Å²) in [5.74, 6) is 1.00. The first kappa shape index (κ1) is 21.3. The van der Waals surface area contributed by atoms with E-state index >= 15 is 0 Å². The van der Waals surface area contributed by atoms with Crippen molar-refractivity contribution in [3.8, 4) is 0 Å². The Balaban J connectivity index is 1.40. The van der Waals surface area contributed by atoms with Crippen LogP contribution in [0.15, 0.2) is 28.9 Å². The summed E-state index contributed by atoms with van der Waals surface area (Å²) in [5, 5.41) is 7.08. The van der Waals surface area contributed by atoms with Gasteiger partial charge in [0, 0.05) is 69.1 Å². The first-order valence-corrected chi connectivity index (χ1v) is 10.5. The summed E-state index contributed by atoms with van der Waals surface area (Å²) >= 11 is 0. The highest BCUT2D eigenvalue weighted by molar-refractivity contribution is 5.74. The van der Waals surface area contributed by atoms with E-state index in [9.17, 15) is 4.79 Å². The van der Waals surface area contributed by atoms with Gasteiger partial charge in [0.2, 0.25) is 0 Å². The lowest BCUT2D eigenvalue weighted by Crippen LogP contribution is -2.49. The van der Waals surface area contributed by atoms with E-state index in [1.165, 1.54) is 0 Å². The zero-order chi connectivity index (χ0) is 20.8. The van der Waals surface area contributed by atoms with E-state index in [1.54, 1.807) is 0 Å². The van der Waals surface area contributed by atoms with Crippen LogP contribution >= 0.6 is 0 Å². The van der Waals surface area contributed by atoms with Crippen LogP contribution < -0.4 is 5.32 Å². The van der Waals surface area contributed by atoms with Crippen molar-refractivity contribution in [2.45, 2.75) is 52.0 Å². The molecule has 2 amide bonds. The molecule has 1 N–H and O–H groups in total. The zero-order valence-corrected chi connectivity index (χ0v) is 18.0. The maximum atomic E-state index is 12.6. The second-order valence-electron chi connectivity index (χ2n) is 8.08. The quantitative estimate of drug-likeness (QED) is 0.774. The number of likely N-dealkylation sites (tertiary alicyclic amines) is 1. The highest BCUT2D eigenvalue weighted by atomic mass is 16.5. The molecule has 3 rings (SSSR count). The molecule has 1 saturated heterocycles. The van der Waals surface area contributed by atoms with E-state index in [-0.39, 0.29) is 18.0 Å². The zero-order valence-electron chi connectivity index (χ0n) is 18.0. The molecule has 29 heavy (non-hydrogen) atoms. The van der Waals surface area contributed by atoms with Crippen LogP contribution in [-0.4, -0.2) is 65.2 Å². The first-order valence-electron chi connectivity index (χ1n) is 10.5. The minimum Gasteiger partial charge on any atom is -0.361 e. The molecule has 0 bridgehead atoms. The molecule has 1 aliphatic heterocycles. The molecule has 1 fully saturated rings. The van der Waals surface area contributed by atoms with E-state index in [0.717, 1.165) is 61.6 Å². The molecule has 0 spiro atoms. The van der Waals surface area contributed by atoms with Crippen molar-refractivity contribution in [3.63, 3.8) is 0 Å². The molecule has 2 aromatic rings. The fourth-order valence-corrected chi connectivity index (χ4v) is 4.18. The van der Waals surface area contributed by atoms with Crippen molar-refractivity contribution in [3.05, 3.63) is 47.1 Å². The third-order valence-corrected chi connectivity index (χ3v) is 5.98. The average molecular weight is 400 g/mol. The van der Waals surface area contributed by atoms with Crippen molar-refractivity contribution in [2.24, 2.45) is 0 Å². The molecule has 0 aliphatic carbocycles. The predicted molar refractivity (Wildman–Crippen MR) is 113 cm³/mol. The van der Waals surface area contributed by atoms with Gasteiger partial charge in [-0.3, -0.25) is 4.98 Å². The second-order valence-corrected chi connectivity index (χ2v) is 8.08. The minimum absolute atomic E-state index is 0.00412. The summed E-state index contributed by atoms with van der Waals surface area (Å²) in [7, 11) is 1.91. The first-order chi connectivity index (χ1) is 14.0. The number of nitrogens with zero attached hydrogens (tertiary/aromatic N) is 4. The van der Waals surface area contributed by atoms with Crippen LogP contribution in [0.1, 0.15) is 48.4 Å². The van der Waals surface area contributed by atoms with E-state index in [2.05, 4.69) is 33.3 Å². The molecule has 0 saturated carbocycles. The number of amides is 2. The normalized spacial score (nSPS) is 16.6. The van der Waals surface area contributed by atoms with Gasteiger partial charge in [0.1, 0.15) is 5.76 Å². The van der Waals surface area contributed by atoms with Crippen molar-refractivity contribution in [1.29, 1.82) is 0 Å². The van der Waals surface area contributed by atoms with Gasteiger partial charge in [-0.25, -0.2) is 4.79 Å². The summed E-state index contributed by atoms with van der Waals surface area (Å²) < 4.78 is 5.24. The number of aryl methyl sites for hydroxylation is 2. The second kappa shape index (κ2) is 9.87. The lowest BCUT2D eigenvalue weighted by molar-refractivity contribution is 0.135. The van der Waals surface area contributed by atoms with Gasteiger partial charge in [-0.2, -0.15) is 0 Å². The van der Waals surface area contributed by atoms with Crippen LogP contribution in [0, 0.1) is 13.8 Å². The van der Waals surface area contributed by atoms with Crippen LogP contribution in [0.25, 0.3) is 0 Å². The van der Waals surface area contributed by atoms with Crippen LogP contribution in [-0.2, 0) is 6.42 Å².